The van der Waals surface area contributed by atoms with E-state index in [0.717, 1.165) is 5.57 Å². The van der Waals surface area contributed by atoms with E-state index in [2.05, 4.69) is 11.4 Å². The van der Waals surface area contributed by atoms with Crippen molar-refractivity contribution < 1.29 is 24.2 Å². The summed E-state index contributed by atoms with van der Waals surface area (Å²) in [5, 5.41) is 13.3. The number of methoxy groups -OCH3 is 1. The Kier molecular flexibility index (Phi) is 12.8. The van der Waals surface area contributed by atoms with Crippen LogP contribution in [-0.2, 0) is 19.1 Å². The molecular weight excluding hydrogens is 442 g/mol. The van der Waals surface area contributed by atoms with Crippen molar-refractivity contribution in [1.82, 2.24) is 5.32 Å². The summed E-state index contributed by atoms with van der Waals surface area (Å²) in [6.45, 7) is 13.3. The van der Waals surface area contributed by atoms with Crippen molar-refractivity contribution in [2.45, 2.75) is 86.4 Å². The molecule has 0 aromatic rings. The van der Waals surface area contributed by atoms with E-state index in [0.29, 0.717) is 42.4 Å². The summed E-state index contributed by atoms with van der Waals surface area (Å²) >= 11 is 0. The van der Waals surface area contributed by atoms with E-state index in [4.69, 9.17) is 4.74 Å². The van der Waals surface area contributed by atoms with Crippen LogP contribution in [0.3, 0.4) is 0 Å². The number of carbonyl (C=O) groups is 3. The van der Waals surface area contributed by atoms with Crippen LogP contribution in [-0.4, -0.2) is 41.9 Å². The van der Waals surface area contributed by atoms with E-state index in [-0.39, 0.29) is 35.2 Å². The number of carbonyl (C=O) groups excluding carboxylic acids is 3. The first kappa shape index (κ1) is 30.5. The first-order chi connectivity index (χ1) is 16.5. The lowest BCUT2D eigenvalue weighted by Gasteiger charge is -2.22. The van der Waals surface area contributed by atoms with Crippen LogP contribution in [0.4, 0.5) is 0 Å². The van der Waals surface area contributed by atoms with Crippen LogP contribution in [0.1, 0.15) is 74.1 Å². The molecule has 0 saturated carbocycles. The van der Waals surface area contributed by atoms with Gasteiger partial charge in [-0.1, -0.05) is 57.6 Å². The van der Waals surface area contributed by atoms with Gasteiger partial charge in [-0.05, 0) is 52.4 Å². The fourth-order valence-corrected chi connectivity index (χ4v) is 4.09. The molecule has 4 unspecified atom stereocenters. The molecule has 2 rings (SSSR count). The number of hydrogen-bond donors (Lipinski definition) is 2. The molecule has 35 heavy (non-hydrogen) atoms. The van der Waals surface area contributed by atoms with E-state index >= 15 is 0 Å². The molecule has 1 aliphatic carbocycles. The molecule has 0 aromatic heterocycles. The molecule has 0 aromatic carbocycles. The number of amides is 1. The number of aliphatic hydroxyl groups excluding tert-OH is 1. The SMILES string of the molecule is CC.COC1/C=C\C=C(/C)C(=O)NC2=CC(=O)C(C)=C(CC(C)CCC(O)C(C)/C=C(\C)C1)C2=O. The highest BCUT2D eigenvalue weighted by Gasteiger charge is 2.28. The average molecular weight is 486 g/mol. The minimum atomic E-state index is -0.500. The van der Waals surface area contributed by atoms with Crippen LogP contribution in [0.25, 0.3) is 0 Å². The molecule has 1 heterocycles. The Bertz CT molecular complexity index is 935. The van der Waals surface area contributed by atoms with Crippen LogP contribution in [0.15, 0.2) is 58.4 Å². The van der Waals surface area contributed by atoms with E-state index < -0.39 is 12.0 Å². The van der Waals surface area contributed by atoms with Gasteiger partial charge in [-0.15, -0.1) is 0 Å². The van der Waals surface area contributed by atoms with Crippen molar-refractivity contribution in [2.24, 2.45) is 11.8 Å². The van der Waals surface area contributed by atoms with Crippen LogP contribution in [0.2, 0.25) is 0 Å². The summed E-state index contributed by atoms with van der Waals surface area (Å²) in [7, 11) is 1.63. The van der Waals surface area contributed by atoms with Gasteiger partial charge in [-0.25, -0.2) is 0 Å². The lowest BCUT2D eigenvalue weighted by atomic mass is 9.85. The summed E-state index contributed by atoms with van der Waals surface area (Å²) in [6.07, 6.45) is 10.3. The predicted molar refractivity (Wildman–Crippen MR) is 141 cm³/mol. The molecule has 0 fully saturated rings. The van der Waals surface area contributed by atoms with Gasteiger partial charge in [0.05, 0.1) is 17.9 Å². The van der Waals surface area contributed by atoms with E-state index in [1.54, 1.807) is 33.1 Å². The highest BCUT2D eigenvalue weighted by atomic mass is 16.5. The Hall–Kier alpha value is -2.57. The minimum Gasteiger partial charge on any atom is -0.393 e. The van der Waals surface area contributed by atoms with Crippen LogP contribution in [0, 0.1) is 11.8 Å². The molecule has 2 aliphatic rings. The second kappa shape index (κ2) is 14.7. The smallest absolute Gasteiger partial charge is 0.251 e. The number of ether oxygens (including phenoxy) is 1. The Labute approximate surface area is 210 Å². The number of ketones is 2. The van der Waals surface area contributed by atoms with Gasteiger partial charge < -0.3 is 15.2 Å². The molecule has 0 spiro atoms. The third-order valence-electron chi connectivity index (χ3n) is 6.38. The summed E-state index contributed by atoms with van der Waals surface area (Å²) in [4.78, 5) is 38.2. The Balaban J connectivity index is 0.00000298. The van der Waals surface area contributed by atoms with Gasteiger partial charge in [0.2, 0.25) is 5.78 Å². The molecule has 6 nitrogen and oxygen atoms in total. The third-order valence-corrected chi connectivity index (χ3v) is 6.38. The highest BCUT2D eigenvalue weighted by Crippen LogP contribution is 2.27. The number of rotatable bonds is 1. The van der Waals surface area contributed by atoms with E-state index in [1.807, 2.05) is 40.7 Å². The van der Waals surface area contributed by atoms with Gasteiger partial charge in [0, 0.05) is 35.8 Å². The van der Waals surface area contributed by atoms with Crippen LogP contribution >= 0.6 is 0 Å². The van der Waals surface area contributed by atoms with E-state index in [1.165, 1.54) is 6.08 Å². The fraction of sp³-hybridized carbons (Fsp3) is 0.552. The topological polar surface area (TPSA) is 92.7 Å². The Morgan fingerprint density at radius 2 is 1.69 bits per heavy atom. The first-order valence-corrected chi connectivity index (χ1v) is 12.6. The standard InChI is InChI=1S/C27H37NO5.C2H6/c1-16-10-11-24(29)19(4)12-17(2)13-21(33-6)9-7-8-18(3)27(32)28-23-15-25(30)20(5)22(14-16)26(23)31;1-2/h7-9,12,15-16,19,21,24,29H,10-11,13-14H2,1-6H3,(H,28,32);1-2H3/b9-7-,17-12+,18-8+;. The Morgan fingerprint density at radius 3 is 2.31 bits per heavy atom. The number of aliphatic hydroxyl groups is 1. The van der Waals surface area contributed by atoms with Crippen molar-refractivity contribution in [3.8, 4) is 0 Å². The summed E-state index contributed by atoms with van der Waals surface area (Å²) in [6, 6.07) is 0. The molecule has 1 amide bonds. The van der Waals surface area contributed by atoms with E-state index in [9.17, 15) is 19.5 Å². The van der Waals surface area contributed by atoms with Gasteiger partial charge in [0.15, 0.2) is 5.78 Å². The third kappa shape index (κ3) is 9.19. The normalized spacial score (nSPS) is 31.2. The molecular formula is C29H43NO5. The van der Waals surface area contributed by atoms with Crippen LogP contribution in [0.5, 0.6) is 0 Å². The second-order valence-electron chi connectivity index (χ2n) is 9.35. The van der Waals surface area contributed by atoms with Crippen molar-refractivity contribution in [3.05, 3.63) is 58.4 Å². The lowest BCUT2D eigenvalue weighted by molar-refractivity contribution is -0.120. The number of Topliss-reactive ketones (excluding diaryl/α,β-unsaturated/α-hetero) is 1. The maximum absolute atomic E-state index is 13.1. The number of allylic oxidation sites excluding steroid dienone is 5. The summed E-state index contributed by atoms with van der Waals surface area (Å²) in [5.41, 5.74) is 2.39. The highest BCUT2D eigenvalue weighted by molar-refractivity contribution is 6.23. The zero-order valence-electron chi connectivity index (χ0n) is 22.6. The second-order valence-corrected chi connectivity index (χ2v) is 9.35. The summed E-state index contributed by atoms with van der Waals surface area (Å²) < 4.78 is 5.53. The molecule has 6 heteroatoms. The molecule has 4 atom stereocenters. The van der Waals surface area contributed by atoms with Gasteiger partial charge in [0.1, 0.15) is 0 Å². The lowest BCUT2D eigenvalue weighted by Crippen LogP contribution is -2.32. The molecule has 194 valence electrons. The maximum atomic E-state index is 13.1. The number of fused-ring (bicyclic) bond motifs is 2. The monoisotopic (exact) mass is 485 g/mol. The van der Waals surface area contributed by atoms with Gasteiger partial charge in [-0.3, -0.25) is 14.4 Å². The number of hydrogen-bond acceptors (Lipinski definition) is 5. The maximum Gasteiger partial charge on any atom is 0.251 e. The van der Waals surface area contributed by atoms with Crippen molar-refractivity contribution in [3.63, 3.8) is 0 Å². The predicted octanol–water partition coefficient (Wildman–Crippen LogP) is 5.15. The van der Waals surface area contributed by atoms with Crippen molar-refractivity contribution in [1.29, 1.82) is 0 Å². The quantitative estimate of drug-likeness (QED) is 0.396. The molecule has 0 radical (unpaired) electrons. The average Bonchev–Trinajstić information content (AvgIpc) is 2.83. The summed E-state index contributed by atoms with van der Waals surface area (Å²) in [5.74, 6) is -0.936. The van der Waals surface area contributed by atoms with Crippen molar-refractivity contribution >= 4 is 17.5 Å². The number of nitrogens with one attached hydrogen (secondary N) is 1. The van der Waals surface area contributed by atoms with Crippen LogP contribution < -0.4 is 5.32 Å². The van der Waals surface area contributed by atoms with Gasteiger partial charge >= 0.3 is 0 Å². The molecule has 2 bridgehead atoms. The minimum absolute atomic E-state index is 0.00990. The van der Waals surface area contributed by atoms with Crippen molar-refractivity contribution in [2.75, 3.05) is 7.11 Å². The molecule has 1 aliphatic heterocycles. The molecule has 0 saturated heterocycles. The fourth-order valence-electron chi connectivity index (χ4n) is 4.09. The Morgan fingerprint density at radius 1 is 1.03 bits per heavy atom. The van der Waals surface area contributed by atoms with Gasteiger partial charge in [0.25, 0.3) is 5.91 Å². The zero-order valence-corrected chi connectivity index (χ0v) is 22.6. The largest absolute Gasteiger partial charge is 0.393 e. The first-order valence-electron chi connectivity index (χ1n) is 12.6. The van der Waals surface area contributed by atoms with Gasteiger partial charge in [-0.2, -0.15) is 0 Å². The molecule has 2 N–H and O–H groups in total. The zero-order chi connectivity index (χ0) is 26.7.